The van der Waals surface area contributed by atoms with Crippen molar-refractivity contribution < 1.29 is 0 Å². The fraction of sp³-hybridized carbons (Fsp3) is 0.0714. The number of benzene rings is 1. The van der Waals surface area contributed by atoms with Gasteiger partial charge in [0.25, 0.3) is 0 Å². The summed E-state index contributed by atoms with van der Waals surface area (Å²) in [6, 6.07) is 14.1. The number of aromatic nitrogens is 2. The molecule has 0 saturated heterocycles. The van der Waals surface area contributed by atoms with Crippen molar-refractivity contribution in [3.05, 3.63) is 66.2 Å². The largest absolute Gasteiger partial charge is 0.397 e. The van der Waals surface area contributed by atoms with E-state index in [0.717, 1.165) is 23.4 Å². The molecule has 3 nitrogen and oxygen atoms in total. The predicted octanol–water partition coefficient (Wildman–Crippen LogP) is 2.51. The number of fused-ring (bicyclic) bond motifs is 1. The first-order chi connectivity index (χ1) is 8.34. The lowest BCUT2D eigenvalue weighted by molar-refractivity contribution is 0.962. The van der Waals surface area contributed by atoms with Crippen LogP contribution in [0.1, 0.15) is 11.4 Å². The van der Waals surface area contributed by atoms with E-state index in [2.05, 4.69) is 17.1 Å². The van der Waals surface area contributed by atoms with Gasteiger partial charge in [0.15, 0.2) is 0 Å². The summed E-state index contributed by atoms with van der Waals surface area (Å²) < 4.78 is 2.04. The van der Waals surface area contributed by atoms with E-state index in [9.17, 15) is 0 Å². The zero-order valence-corrected chi connectivity index (χ0v) is 9.38. The molecule has 0 aliphatic heterocycles. The van der Waals surface area contributed by atoms with Crippen molar-refractivity contribution in [2.75, 3.05) is 5.73 Å². The van der Waals surface area contributed by atoms with Crippen LogP contribution in [0.5, 0.6) is 0 Å². The number of nitrogens with two attached hydrogens (primary N) is 1. The third-order valence-electron chi connectivity index (χ3n) is 2.89. The maximum absolute atomic E-state index is 5.90. The first kappa shape index (κ1) is 9.90. The first-order valence-electron chi connectivity index (χ1n) is 5.59. The second-order valence-electron chi connectivity index (χ2n) is 4.06. The number of nitrogen functional groups attached to an aromatic ring is 1. The van der Waals surface area contributed by atoms with E-state index >= 15 is 0 Å². The molecule has 3 aromatic rings. The molecule has 3 heteroatoms. The van der Waals surface area contributed by atoms with Gasteiger partial charge in [-0.15, -0.1) is 0 Å². The van der Waals surface area contributed by atoms with Gasteiger partial charge in [-0.25, -0.2) is 4.98 Å². The molecule has 0 aliphatic rings. The zero-order valence-electron chi connectivity index (χ0n) is 9.38. The summed E-state index contributed by atoms with van der Waals surface area (Å²) in [5.41, 5.74) is 8.89. The smallest absolute Gasteiger partial charge is 0.117 e. The summed E-state index contributed by atoms with van der Waals surface area (Å²) in [6.07, 6.45) is 4.64. The van der Waals surface area contributed by atoms with Crippen molar-refractivity contribution in [3.8, 4) is 0 Å². The maximum atomic E-state index is 5.90. The van der Waals surface area contributed by atoms with Crippen LogP contribution in [-0.2, 0) is 6.42 Å². The van der Waals surface area contributed by atoms with Gasteiger partial charge in [0.05, 0.1) is 17.4 Å². The quantitative estimate of drug-likeness (QED) is 0.725. The number of imidazole rings is 1. The standard InChI is InChI=1S/C14H13N3/c15-12-7-4-8-17-13(12)10-16-14(17)9-11-5-2-1-3-6-11/h1-8,10H,9,15H2. The molecule has 0 atom stereocenters. The fourth-order valence-electron chi connectivity index (χ4n) is 2.01. The Morgan fingerprint density at radius 2 is 1.88 bits per heavy atom. The van der Waals surface area contributed by atoms with Crippen molar-refractivity contribution in [2.24, 2.45) is 0 Å². The molecule has 2 aromatic heterocycles. The van der Waals surface area contributed by atoms with Crippen molar-refractivity contribution in [1.29, 1.82) is 0 Å². The highest BCUT2D eigenvalue weighted by molar-refractivity contribution is 5.68. The van der Waals surface area contributed by atoms with Crippen molar-refractivity contribution >= 4 is 11.2 Å². The number of pyridine rings is 1. The summed E-state index contributed by atoms with van der Waals surface area (Å²) >= 11 is 0. The lowest BCUT2D eigenvalue weighted by Gasteiger charge is -2.02. The van der Waals surface area contributed by atoms with Gasteiger partial charge < -0.3 is 10.1 Å². The van der Waals surface area contributed by atoms with Crippen LogP contribution in [-0.4, -0.2) is 9.38 Å². The van der Waals surface area contributed by atoms with E-state index in [1.165, 1.54) is 5.56 Å². The van der Waals surface area contributed by atoms with Crippen LogP contribution in [0, 0.1) is 0 Å². The Bertz CT molecular complexity index is 641. The van der Waals surface area contributed by atoms with Gasteiger partial charge in [0, 0.05) is 12.6 Å². The van der Waals surface area contributed by atoms with E-state index in [1.54, 1.807) is 0 Å². The average Bonchev–Trinajstić information content (AvgIpc) is 2.76. The van der Waals surface area contributed by atoms with Crippen LogP contribution < -0.4 is 5.73 Å². The van der Waals surface area contributed by atoms with E-state index < -0.39 is 0 Å². The predicted molar refractivity (Wildman–Crippen MR) is 68.9 cm³/mol. The lowest BCUT2D eigenvalue weighted by Crippen LogP contribution is -1.97. The Kier molecular flexibility index (Phi) is 2.29. The average molecular weight is 223 g/mol. The summed E-state index contributed by atoms with van der Waals surface area (Å²) in [7, 11) is 0. The second kappa shape index (κ2) is 3.94. The van der Waals surface area contributed by atoms with Gasteiger partial charge in [0.2, 0.25) is 0 Å². The molecule has 2 N–H and O–H groups in total. The minimum atomic E-state index is 0.763. The molecule has 0 aliphatic carbocycles. The summed E-state index contributed by atoms with van der Waals surface area (Å²) in [6.45, 7) is 0. The Morgan fingerprint density at radius 1 is 1.06 bits per heavy atom. The van der Waals surface area contributed by atoms with Crippen molar-refractivity contribution in [1.82, 2.24) is 9.38 Å². The summed E-state index contributed by atoms with van der Waals surface area (Å²) in [5, 5.41) is 0. The first-order valence-corrected chi connectivity index (χ1v) is 5.59. The molecule has 17 heavy (non-hydrogen) atoms. The number of hydrogen-bond donors (Lipinski definition) is 1. The van der Waals surface area contributed by atoms with Crippen LogP contribution in [0.15, 0.2) is 54.9 Å². The summed E-state index contributed by atoms with van der Waals surface area (Å²) in [4.78, 5) is 4.43. The molecule has 84 valence electrons. The lowest BCUT2D eigenvalue weighted by atomic mass is 10.1. The molecule has 0 unspecified atom stereocenters. The highest BCUT2D eigenvalue weighted by atomic mass is 15.0. The van der Waals surface area contributed by atoms with Gasteiger partial charge in [0.1, 0.15) is 5.82 Å². The highest BCUT2D eigenvalue weighted by Gasteiger charge is 2.05. The topological polar surface area (TPSA) is 43.3 Å². The van der Waals surface area contributed by atoms with Crippen molar-refractivity contribution in [2.45, 2.75) is 6.42 Å². The van der Waals surface area contributed by atoms with Crippen LogP contribution in [0.2, 0.25) is 0 Å². The molecule has 0 bridgehead atoms. The molecular formula is C14H13N3. The minimum absolute atomic E-state index is 0.763. The van der Waals surface area contributed by atoms with E-state index in [-0.39, 0.29) is 0 Å². The van der Waals surface area contributed by atoms with Crippen molar-refractivity contribution in [3.63, 3.8) is 0 Å². The molecule has 0 saturated carbocycles. The molecule has 0 spiro atoms. The Balaban J connectivity index is 2.05. The van der Waals surface area contributed by atoms with Gasteiger partial charge in [-0.3, -0.25) is 0 Å². The minimum Gasteiger partial charge on any atom is -0.397 e. The summed E-state index contributed by atoms with van der Waals surface area (Å²) in [5.74, 6) is 1.01. The van der Waals surface area contributed by atoms with Crippen LogP contribution >= 0.6 is 0 Å². The van der Waals surface area contributed by atoms with Crippen LogP contribution in [0.3, 0.4) is 0 Å². The van der Waals surface area contributed by atoms with Gasteiger partial charge >= 0.3 is 0 Å². The van der Waals surface area contributed by atoms with Gasteiger partial charge in [-0.1, -0.05) is 30.3 Å². The van der Waals surface area contributed by atoms with Crippen LogP contribution in [0.4, 0.5) is 5.69 Å². The Labute approximate surface area is 99.5 Å². The number of nitrogens with zero attached hydrogens (tertiary/aromatic N) is 2. The number of hydrogen-bond acceptors (Lipinski definition) is 2. The molecule has 3 rings (SSSR count). The Morgan fingerprint density at radius 3 is 2.71 bits per heavy atom. The molecule has 0 amide bonds. The van der Waals surface area contributed by atoms with E-state index in [0.29, 0.717) is 0 Å². The highest BCUT2D eigenvalue weighted by Crippen LogP contribution is 2.16. The van der Waals surface area contributed by atoms with Crippen LogP contribution in [0.25, 0.3) is 5.52 Å². The Hall–Kier alpha value is -2.29. The number of anilines is 1. The fourth-order valence-corrected chi connectivity index (χ4v) is 2.01. The zero-order chi connectivity index (χ0) is 11.7. The molecular weight excluding hydrogens is 210 g/mol. The normalized spacial score (nSPS) is 10.8. The molecule has 0 radical (unpaired) electrons. The molecule has 1 aromatic carbocycles. The third-order valence-corrected chi connectivity index (χ3v) is 2.89. The maximum Gasteiger partial charge on any atom is 0.117 e. The second-order valence-corrected chi connectivity index (χ2v) is 4.06. The molecule has 2 heterocycles. The van der Waals surface area contributed by atoms with E-state index in [4.69, 9.17) is 5.73 Å². The monoisotopic (exact) mass is 223 g/mol. The molecule has 0 fully saturated rings. The van der Waals surface area contributed by atoms with Gasteiger partial charge in [-0.2, -0.15) is 0 Å². The van der Waals surface area contributed by atoms with E-state index in [1.807, 2.05) is 47.1 Å². The number of rotatable bonds is 2. The van der Waals surface area contributed by atoms with Gasteiger partial charge in [-0.05, 0) is 17.7 Å². The SMILES string of the molecule is Nc1cccn2c(Cc3ccccc3)ncc12. The third kappa shape index (κ3) is 1.76.